The molecule has 1 aliphatic heterocycles. The molecular weight excluding hydrogens is 250 g/mol. The van der Waals surface area contributed by atoms with E-state index in [4.69, 9.17) is 0 Å². The molecule has 2 heterocycles. The summed E-state index contributed by atoms with van der Waals surface area (Å²) in [5, 5.41) is 3.02. The fourth-order valence-electron chi connectivity index (χ4n) is 2.55. The second-order valence-electron chi connectivity index (χ2n) is 5.00. The predicted octanol–water partition coefficient (Wildman–Crippen LogP) is 2.41. The van der Waals surface area contributed by atoms with Crippen molar-refractivity contribution in [3.05, 3.63) is 36.0 Å². The molecule has 5 heteroatoms. The summed E-state index contributed by atoms with van der Waals surface area (Å²) in [4.78, 5) is 13.5. The number of para-hydroxylation sites is 2. The van der Waals surface area contributed by atoms with Gasteiger partial charge in [-0.05, 0) is 19.1 Å². The van der Waals surface area contributed by atoms with Crippen LogP contribution in [0, 0.1) is 6.92 Å². The zero-order valence-electron chi connectivity index (χ0n) is 12.1. The standard InChI is InChI=1S/C15H19N5/c1-11-10-14(18-15(16-2)17-11)20-9-8-19(3)12-6-4-5-7-13(12)20/h4-7,10H,8-9H2,1-3H3,(H,16,17,18). The summed E-state index contributed by atoms with van der Waals surface area (Å²) < 4.78 is 0. The number of aryl methyl sites for hydroxylation is 1. The van der Waals surface area contributed by atoms with Crippen LogP contribution >= 0.6 is 0 Å². The number of nitrogens with one attached hydrogen (secondary N) is 1. The third kappa shape index (κ3) is 2.15. The number of aromatic nitrogens is 2. The number of benzene rings is 1. The molecule has 0 atom stereocenters. The SMILES string of the molecule is CNc1nc(C)cc(N2CCN(C)c3ccccc32)n1. The van der Waals surface area contributed by atoms with Gasteiger partial charge in [-0.1, -0.05) is 12.1 Å². The Balaban J connectivity index is 2.07. The van der Waals surface area contributed by atoms with Crippen molar-refractivity contribution in [2.75, 3.05) is 42.3 Å². The third-order valence-electron chi connectivity index (χ3n) is 3.58. The first-order valence-electron chi connectivity index (χ1n) is 6.80. The molecule has 2 aromatic rings. The summed E-state index contributed by atoms with van der Waals surface area (Å²) in [5.74, 6) is 1.61. The van der Waals surface area contributed by atoms with E-state index in [1.807, 2.05) is 20.0 Å². The van der Waals surface area contributed by atoms with Crippen LogP contribution in [0.4, 0.5) is 23.1 Å². The third-order valence-corrected chi connectivity index (χ3v) is 3.58. The predicted molar refractivity (Wildman–Crippen MR) is 83.0 cm³/mol. The molecule has 104 valence electrons. The number of likely N-dealkylation sites (N-methyl/N-ethyl adjacent to an activating group) is 1. The molecule has 0 bridgehead atoms. The molecule has 0 radical (unpaired) electrons. The molecule has 0 amide bonds. The van der Waals surface area contributed by atoms with Crippen molar-refractivity contribution in [1.29, 1.82) is 0 Å². The average molecular weight is 269 g/mol. The van der Waals surface area contributed by atoms with E-state index < -0.39 is 0 Å². The Morgan fingerprint density at radius 2 is 1.85 bits per heavy atom. The maximum absolute atomic E-state index is 4.58. The number of nitrogens with zero attached hydrogens (tertiary/aromatic N) is 4. The van der Waals surface area contributed by atoms with Crippen molar-refractivity contribution < 1.29 is 0 Å². The lowest BCUT2D eigenvalue weighted by Gasteiger charge is -2.36. The average Bonchev–Trinajstić information content (AvgIpc) is 2.47. The Bertz CT molecular complexity index is 625. The van der Waals surface area contributed by atoms with Crippen molar-refractivity contribution in [1.82, 2.24) is 9.97 Å². The number of anilines is 4. The van der Waals surface area contributed by atoms with Gasteiger partial charge in [-0.2, -0.15) is 4.98 Å². The van der Waals surface area contributed by atoms with Crippen molar-refractivity contribution in [2.45, 2.75) is 6.92 Å². The summed E-state index contributed by atoms with van der Waals surface area (Å²) in [6.45, 7) is 3.90. The van der Waals surface area contributed by atoms with Gasteiger partial charge in [0.05, 0.1) is 11.4 Å². The quantitative estimate of drug-likeness (QED) is 0.907. The van der Waals surface area contributed by atoms with Gasteiger partial charge in [-0.15, -0.1) is 0 Å². The van der Waals surface area contributed by atoms with Crippen LogP contribution in [0.2, 0.25) is 0 Å². The maximum Gasteiger partial charge on any atom is 0.224 e. The van der Waals surface area contributed by atoms with Crippen molar-refractivity contribution in [3.63, 3.8) is 0 Å². The van der Waals surface area contributed by atoms with Gasteiger partial charge in [0.15, 0.2) is 0 Å². The molecule has 20 heavy (non-hydrogen) atoms. The Morgan fingerprint density at radius 1 is 1.10 bits per heavy atom. The first kappa shape index (κ1) is 12.7. The van der Waals surface area contributed by atoms with Crippen LogP contribution in [-0.2, 0) is 0 Å². The molecule has 1 N–H and O–H groups in total. The number of rotatable bonds is 2. The maximum atomic E-state index is 4.58. The first-order valence-corrected chi connectivity index (χ1v) is 6.80. The van der Waals surface area contributed by atoms with Crippen LogP contribution in [0.15, 0.2) is 30.3 Å². The second kappa shape index (κ2) is 5.00. The molecule has 1 aliphatic rings. The van der Waals surface area contributed by atoms with Crippen molar-refractivity contribution >= 4 is 23.1 Å². The molecule has 3 rings (SSSR count). The topological polar surface area (TPSA) is 44.3 Å². The second-order valence-corrected chi connectivity index (χ2v) is 5.00. The normalized spacial score (nSPS) is 14.2. The summed E-state index contributed by atoms with van der Waals surface area (Å²) >= 11 is 0. The zero-order valence-corrected chi connectivity index (χ0v) is 12.1. The van der Waals surface area contributed by atoms with Crippen LogP contribution in [0.1, 0.15) is 5.69 Å². The van der Waals surface area contributed by atoms with Gasteiger partial charge >= 0.3 is 0 Å². The molecule has 0 aliphatic carbocycles. The monoisotopic (exact) mass is 269 g/mol. The lowest BCUT2D eigenvalue weighted by atomic mass is 10.1. The first-order chi connectivity index (χ1) is 9.69. The Hall–Kier alpha value is -2.30. The minimum Gasteiger partial charge on any atom is -0.371 e. The summed E-state index contributed by atoms with van der Waals surface area (Å²) in [5.41, 5.74) is 3.40. The van der Waals surface area contributed by atoms with Gasteiger partial charge in [-0.25, -0.2) is 4.98 Å². The minimum absolute atomic E-state index is 0.663. The van der Waals surface area contributed by atoms with E-state index in [9.17, 15) is 0 Å². The fraction of sp³-hybridized carbons (Fsp3) is 0.333. The van der Waals surface area contributed by atoms with Crippen LogP contribution in [0.5, 0.6) is 0 Å². The van der Waals surface area contributed by atoms with Crippen molar-refractivity contribution in [3.8, 4) is 0 Å². The van der Waals surface area contributed by atoms with Gasteiger partial charge in [0.2, 0.25) is 5.95 Å². The van der Waals surface area contributed by atoms with Gasteiger partial charge in [0, 0.05) is 38.9 Å². The van der Waals surface area contributed by atoms with Crippen LogP contribution in [-0.4, -0.2) is 37.2 Å². The Kier molecular flexibility index (Phi) is 3.18. The smallest absolute Gasteiger partial charge is 0.224 e. The Morgan fingerprint density at radius 3 is 2.60 bits per heavy atom. The van der Waals surface area contributed by atoms with Gasteiger partial charge in [0.25, 0.3) is 0 Å². The minimum atomic E-state index is 0.663. The van der Waals surface area contributed by atoms with E-state index in [-0.39, 0.29) is 0 Å². The van der Waals surface area contributed by atoms with E-state index in [0.717, 1.165) is 24.6 Å². The summed E-state index contributed by atoms with van der Waals surface area (Å²) in [7, 11) is 3.97. The van der Waals surface area contributed by atoms with Crippen LogP contribution in [0.25, 0.3) is 0 Å². The van der Waals surface area contributed by atoms with Gasteiger partial charge in [-0.3, -0.25) is 0 Å². The zero-order chi connectivity index (χ0) is 14.1. The number of hydrogen-bond donors (Lipinski definition) is 1. The number of fused-ring (bicyclic) bond motifs is 1. The van der Waals surface area contributed by atoms with Crippen LogP contribution < -0.4 is 15.1 Å². The van der Waals surface area contributed by atoms with Crippen molar-refractivity contribution in [2.24, 2.45) is 0 Å². The van der Waals surface area contributed by atoms with Gasteiger partial charge < -0.3 is 15.1 Å². The number of hydrogen-bond acceptors (Lipinski definition) is 5. The molecule has 0 unspecified atom stereocenters. The Labute approximate surface area is 119 Å². The van der Waals surface area contributed by atoms with E-state index in [0.29, 0.717) is 5.95 Å². The highest BCUT2D eigenvalue weighted by molar-refractivity contribution is 5.78. The molecule has 1 aromatic carbocycles. The largest absolute Gasteiger partial charge is 0.371 e. The van der Waals surface area contributed by atoms with E-state index in [1.54, 1.807) is 0 Å². The van der Waals surface area contributed by atoms with Gasteiger partial charge in [0.1, 0.15) is 5.82 Å². The van der Waals surface area contributed by atoms with E-state index >= 15 is 0 Å². The molecule has 0 saturated carbocycles. The lowest BCUT2D eigenvalue weighted by molar-refractivity contribution is 0.811. The molecule has 1 aromatic heterocycles. The molecule has 0 fully saturated rings. The fourth-order valence-corrected chi connectivity index (χ4v) is 2.55. The van der Waals surface area contributed by atoms with E-state index in [1.165, 1.54) is 11.4 Å². The van der Waals surface area contributed by atoms with E-state index in [2.05, 4.69) is 56.4 Å². The highest BCUT2D eigenvalue weighted by Gasteiger charge is 2.22. The van der Waals surface area contributed by atoms with Crippen LogP contribution in [0.3, 0.4) is 0 Å². The lowest BCUT2D eigenvalue weighted by Crippen LogP contribution is -2.36. The molecular formula is C15H19N5. The molecule has 5 nitrogen and oxygen atoms in total. The highest BCUT2D eigenvalue weighted by Crippen LogP contribution is 2.36. The molecule has 0 spiro atoms. The molecule has 0 saturated heterocycles. The summed E-state index contributed by atoms with van der Waals surface area (Å²) in [6.07, 6.45) is 0. The summed E-state index contributed by atoms with van der Waals surface area (Å²) in [6, 6.07) is 10.5. The highest BCUT2D eigenvalue weighted by atomic mass is 15.3.